The van der Waals surface area contributed by atoms with Crippen LogP contribution >= 0.6 is 0 Å². The van der Waals surface area contributed by atoms with E-state index >= 15 is 0 Å². The summed E-state index contributed by atoms with van der Waals surface area (Å²) in [5, 5.41) is 9.34. The third kappa shape index (κ3) is 2.16. The van der Waals surface area contributed by atoms with E-state index in [1.54, 1.807) is 6.07 Å². The molecule has 1 N–H and O–H groups in total. The maximum absolute atomic E-state index is 9.34. The van der Waals surface area contributed by atoms with Gasteiger partial charge in [-0.05, 0) is 31.0 Å². The number of benzene rings is 1. The number of hydrogen-bond donors (Lipinski definition) is 1. The third-order valence-corrected chi connectivity index (χ3v) is 1.58. The Morgan fingerprint density at radius 3 is 2.83 bits per heavy atom. The molecule has 0 heterocycles. The van der Waals surface area contributed by atoms with Crippen LogP contribution in [0.15, 0.2) is 18.2 Å². The summed E-state index contributed by atoms with van der Waals surface area (Å²) in [5.41, 5.74) is 1.10. The van der Waals surface area contributed by atoms with Gasteiger partial charge in [0.2, 0.25) is 0 Å². The van der Waals surface area contributed by atoms with E-state index in [2.05, 4.69) is 0 Å². The molecule has 12 heavy (non-hydrogen) atoms. The lowest BCUT2D eigenvalue weighted by Crippen LogP contribution is -1.95. The van der Waals surface area contributed by atoms with E-state index < -0.39 is 0 Å². The van der Waals surface area contributed by atoms with Crippen LogP contribution in [-0.2, 0) is 0 Å². The fourth-order valence-electron chi connectivity index (χ4n) is 0.949. The van der Waals surface area contributed by atoms with Gasteiger partial charge in [0.15, 0.2) is 11.5 Å². The Morgan fingerprint density at radius 2 is 2.17 bits per heavy atom. The second-order valence-electron chi connectivity index (χ2n) is 2.82. The second-order valence-corrected chi connectivity index (χ2v) is 2.82. The summed E-state index contributed by atoms with van der Waals surface area (Å²) in [7, 11) is 0. The van der Waals surface area contributed by atoms with Crippen molar-refractivity contribution >= 4 is 0 Å². The molecule has 0 aliphatic rings. The van der Waals surface area contributed by atoms with Crippen molar-refractivity contribution in [1.82, 2.24) is 0 Å². The molecule has 0 aliphatic carbocycles. The lowest BCUT2D eigenvalue weighted by molar-refractivity contribution is 0.299. The van der Waals surface area contributed by atoms with Gasteiger partial charge in [0, 0.05) is 0 Å². The zero-order valence-electron chi connectivity index (χ0n) is 7.50. The maximum Gasteiger partial charge on any atom is 0.161 e. The molecule has 0 bridgehead atoms. The van der Waals surface area contributed by atoms with E-state index in [9.17, 15) is 5.11 Å². The van der Waals surface area contributed by atoms with Crippen molar-refractivity contribution in [3.05, 3.63) is 23.8 Å². The summed E-state index contributed by atoms with van der Waals surface area (Å²) in [5.74, 6) is 0.797. The minimum absolute atomic E-state index is 0.217. The van der Waals surface area contributed by atoms with Crippen LogP contribution in [0.3, 0.4) is 0 Å². The molecule has 0 amide bonds. The minimum atomic E-state index is 0.217. The van der Waals surface area contributed by atoms with Gasteiger partial charge in [-0.1, -0.05) is 13.0 Å². The fourth-order valence-corrected chi connectivity index (χ4v) is 0.949. The Kier molecular flexibility index (Phi) is 2.97. The Bertz CT molecular complexity index is 256. The quantitative estimate of drug-likeness (QED) is 0.747. The zero-order chi connectivity index (χ0) is 8.97. The lowest BCUT2D eigenvalue weighted by Gasteiger charge is -2.06. The molecule has 0 spiro atoms. The highest BCUT2D eigenvalue weighted by Crippen LogP contribution is 2.26. The van der Waals surface area contributed by atoms with Crippen LogP contribution in [0.1, 0.15) is 18.9 Å². The molecule has 0 saturated carbocycles. The van der Waals surface area contributed by atoms with Crippen molar-refractivity contribution in [3.8, 4) is 11.5 Å². The molecule has 0 fully saturated rings. The van der Waals surface area contributed by atoms with Gasteiger partial charge in [0.05, 0.1) is 6.61 Å². The van der Waals surface area contributed by atoms with Gasteiger partial charge in [-0.3, -0.25) is 0 Å². The average Bonchev–Trinajstić information content (AvgIpc) is 2.07. The molecular formula is C10H14O2. The normalized spacial score (nSPS) is 9.83. The van der Waals surface area contributed by atoms with Crippen molar-refractivity contribution < 1.29 is 9.84 Å². The van der Waals surface area contributed by atoms with Crippen molar-refractivity contribution in [1.29, 1.82) is 0 Å². The summed E-state index contributed by atoms with van der Waals surface area (Å²) in [6.07, 6.45) is 0.952. The molecular weight excluding hydrogens is 152 g/mol. The van der Waals surface area contributed by atoms with Gasteiger partial charge < -0.3 is 9.84 Å². The second kappa shape index (κ2) is 4.00. The summed E-state index contributed by atoms with van der Waals surface area (Å²) in [4.78, 5) is 0. The van der Waals surface area contributed by atoms with Crippen LogP contribution in [-0.4, -0.2) is 11.7 Å². The highest BCUT2D eigenvalue weighted by Gasteiger charge is 2.00. The molecule has 0 radical (unpaired) electrons. The summed E-state index contributed by atoms with van der Waals surface area (Å²) >= 11 is 0. The number of aromatic hydroxyl groups is 1. The van der Waals surface area contributed by atoms with Crippen molar-refractivity contribution in [2.45, 2.75) is 20.3 Å². The number of phenols is 1. The maximum atomic E-state index is 9.34. The van der Waals surface area contributed by atoms with Crippen LogP contribution < -0.4 is 4.74 Å². The first-order valence-corrected chi connectivity index (χ1v) is 4.16. The van der Waals surface area contributed by atoms with Gasteiger partial charge in [-0.25, -0.2) is 0 Å². The summed E-state index contributed by atoms with van der Waals surface area (Å²) in [6.45, 7) is 4.65. The van der Waals surface area contributed by atoms with Crippen molar-refractivity contribution in [2.24, 2.45) is 0 Å². The van der Waals surface area contributed by atoms with E-state index in [-0.39, 0.29) is 5.75 Å². The average molecular weight is 166 g/mol. The number of phenolic OH excluding ortho intramolecular Hbond substituents is 1. The fraction of sp³-hybridized carbons (Fsp3) is 0.400. The van der Waals surface area contributed by atoms with Crippen LogP contribution in [0.2, 0.25) is 0 Å². The molecule has 0 aromatic heterocycles. The van der Waals surface area contributed by atoms with E-state index in [1.165, 1.54) is 0 Å². The highest BCUT2D eigenvalue weighted by atomic mass is 16.5. The summed E-state index contributed by atoms with van der Waals surface area (Å²) in [6, 6.07) is 5.35. The van der Waals surface area contributed by atoms with E-state index in [1.807, 2.05) is 26.0 Å². The Hall–Kier alpha value is -1.18. The Labute approximate surface area is 72.8 Å². The monoisotopic (exact) mass is 166 g/mol. The van der Waals surface area contributed by atoms with Crippen molar-refractivity contribution in [2.75, 3.05) is 6.61 Å². The van der Waals surface area contributed by atoms with Crippen LogP contribution in [0.4, 0.5) is 0 Å². The Balaban J connectivity index is 2.75. The number of ether oxygens (including phenoxy) is 1. The van der Waals surface area contributed by atoms with Crippen molar-refractivity contribution in [3.63, 3.8) is 0 Å². The standard InChI is InChI=1S/C10H14O2/c1-3-6-12-10-7-8(2)4-5-9(10)11/h4-5,7,11H,3,6H2,1-2H3. The number of hydrogen-bond acceptors (Lipinski definition) is 2. The van der Waals surface area contributed by atoms with Crippen LogP contribution in [0, 0.1) is 6.92 Å². The smallest absolute Gasteiger partial charge is 0.161 e. The first-order valence-electron chi connectivity index (χ1n) is 4.16. The predicted molar refractivity (Wildman–Crippen MR) is 48.6 cm³/mol. The minimum Gasteiger partial charge on any atom is -0.504 e. The molecule has 1 aromatic carbocycles. The molecule has 2 heteroatoms. The highest BCUT2D eigenvalue weighted by molar-refractivity contribution is 5.41. The number of rotatable bonds is 3. The first kappa shape index (κ1) is 8.91. The van der Waals surface area contributed by atoms with E-state index in [4.69, 9.17) is 4.74 Å². The van der Waals surface area contributed by atoms with Gasteiger partial charge >= 0.3 is 0 Å². The molecule has 2 nitrogen and oxygen atoms in total. The topological polar surface area (TPSA) is 29.5 Å². The van der Waals surface area contributed by atoms with Gasteiger partial charge in [-0.2, -0.15) is 0 Å². The van der Waals surface area contributed by atoms with E-state index in [0.29, 0.717) is 12.4 Å². The molecule has 1 rings (SSSR count). The van der Waals surface area contributed by atoms with Gasteiger partial charge in [0.1, 0.15) is 0 Å². The van der Waals surface area contributed by atoms with Gasteiger partial charge in [0.25, 0.3) is 0 Å². The molecule has 0 atom stereocenters. The molecule has 0 saturated heterocycles. The Morgan fingerprint density at radius 1 is 1.42 bits per heavy atom. The summed E-state index contributed by atoms with van der Waals surface area (Å²) < 4.78 is 5.32. The zero-order valence-corrected chi connectivity index (χ0v) is 7.50. The SMILES string of the molecule is CCCOc1cc(C)ccc1O. The first-order chi connectivity index (χ1) is 5.74. The van der Waals surface area contributed by atoms with Gasteiger partial charge in [-0.15, -0.1) is 0 Å². The molecule has 66 valence electrons. The number of aryl methyl sites for hydroxylation is 1. The molecule has 0 aliphatic heterocycles. The molecule has 0 unspecified atom stereocenters. The lowest BCUT2D eigenvalue weighted by atomic mass is 10.2. The van der Waals surface area contributed by atoms with Crippen LogP contribution in [0.5, 0.6) is 11.5 Å². The molecule has 1 aromatic rings. The van der Waals surface area contributed by atoms with Crippen LogP contribution in [0.25, 0.3) is 0 Å². The predicted octanol–water partition coefficient (Wildman–Crippen LogP) is 2.49. The third-order valence-electron chi connectivity index (χ3n) is 1.58. The largest absolute Gasteiger partial charge is 0.504 e. The van der Waals surface area contributed by atoms with E-state index in [0.717, 1.165) is 12.0 Å².